The highest BCUT2D eigenvalue weighted by molar-refractivity contribution is 7.89. The van der Waals surface area contributed by atoms with Crippen molar-refractivity contribution in [1.29, 1.82) is 0 Å². The van der Waals surface area contributed by atoms with E-state index in [-0.39, 0.29) is 34.8 Å². The van der Waals surface area contributed by atoms with Gasteiger partial charge in [-0.25, -0.2) is 8.42 Å². The Bertz CT molecular complexity index is 1550. The molecule has 1 unspecified atom stereocenters. The van der Waals surface area contributed by atoms with Crippen molar-refractivity contribution in [2.45, 2.75) is 56.1 Å². The Morgan fingerprint density at radius 1 is 1.07 bits per heavy atom. The second-order valence-corrected chi connectivity index (χ2v) is 13.7. The maximum atomic E-state index is 13.4. The maximum Gasteiger partial charge on any atom is 0.308 e. The number of β-amino-alcohol motifs (C(OH)–C–C–N with tert-alkyl or cyclic N) is 1. The van der Waals surface area contributed by atoms with E-state index < -0.39 is 33.4 Å². The van der Waals surface area contributed by atoms with E-state index in [1.807, 2.05) is 0 Å². The molecular formula is C31H37N3O7S. The van der Waals surface area contributed by atoms with Gasteiger partial charge in [-0.15, -0.1) is 0 Å². The third-order valence-corrected chi connectivity index (χ3v) is 9.54. The van der Waals surface area contributed by atoms with Gasteiger partial charge in [0.15, 0.2) is 0 Å². The molecule has 11 heteroatoms. The van der Waals surface area contributed by atoms with Crippen LogP contribution in [0.1, 0.15) is 37.0 Å². The van der Waals surface area contributed by atoms with E-state index >= 15 is 0 Å². The summed E-state index contributed by atoms with van der Waals surface area (Å²) in [5.74, 6) is -0.685. The smallest absolute Gasteiger partial charge is 0.308 e. The average molecular weight is 596 g/mol. The highest BCUT2D eigenvalue weighted by Crippen LogP contribution is 2.32. The third kappa shape index (κ3) is 7.60. The number of carbonyl (C=O) groups is 1. The molecule has 1 atom stereocenters. The zero-order valence-electron chi connectivity index (χ0n) is 24.0. The van der Waals surface area contributed by atoms with Crippen LogP contribution >= 0.6 is 0 Å². The van der Waals surface area contributed by atoms with Gasteiger partial charge in [0.05, 0.1) is 22.3 Å². The molecule has 0 saturated heterocycles. The molecule has 0 bridgehead atoms. The average Bonchev–Trinajstić information content (AvgIpc) is 3.33. The SMILES string of the molecule is CN(CC(O)CNC(C)(C)CC1Cc2ccccc2C1)S(=O)(=O)c1cccc(-c2ccc(CC(=O)O)c([N+](=O)[O-])c2)c1. The van der Waals surface area contributed by atoms with Crippen LogP contribution in [0, 0.1) is 16.0 Å². The Balaban J connectivity index is 1.39. The van der Waals surface area contributed by atoms with Gasteiger partial charge in [-0.3, -0.25) is 14.9 Å². The first-order valence-corrected chi connectivity index (χ1v) is 15.2. The molecule has 0 aromatic heterocycles. The minimum atomic E-state index is -3.98. The predicted octanol–water partition coefficient (Wildman–Crippen LogP) is 4.04. The summed E-state index contributed by atoms with van der Waals surface area (Å²) in [7, 11) is -2.58. The number of nitrogens with zero attached hydrogens (tertiary/aromatic N) is 2. The molecule has 4 rings (SSSR count). The minimum absolute atomic E-state index is 0.0268. The Kier molecular flexibility index (Phi) is 9.47. The van der Waals surface area contributed by atoms with Gasteiger partial charge in [-0.2, -0.15) is 4.31 Å². The van der Waals surface area contributed by atoms with Gasteiger partial charge in [-0.1, -0.05) is 48.5 Å². The van der Waals surface area contributed by atoms with Gasteiger partial charge in [0.25, 0.3) is 5.69 Å². The zero-order valence-corrected chi connectivity index (χ0v) is 24.8. The first-order chi connectivity index (χ1) is 19.7. The molecule has 3 aromatic carbocycles. The van der Waals surface area contributed by atoms with Gasteiger partial charge in [0.2, 0.25) is 10.0 Å². The van der Waals surface area contributed by atoms with Crippen LogP contribution in [-0.2, 0) is 34.1 Å². The molecule has 224 valence electrons. The predicted molar refractivity (Wildman–Crippen MR) is 160 cm³/mol. The summed E-state index contributed by atoms with van der Waals surface area (Å²) in [5.41, 5.74) is 3.04. The molecule has 1 aliphatic carbocycles. The van der Waals surface area contributed by atoms with Crippen molar-refractivity contribution in [2.24, 2.45) is 5.92 Å². The molecule has 0 spiro atoms. The summed E-state index contributed by atoms with van der Waals surface area (Å²) in [6.45, 7) is 4.28. The van der Waals surface area contributed by atoms with E-state index in [2.05, 4.69) is 43.4 Å². The van der Waals surface area contributed by atoms with Crippen LogP contribution in [-0.4, -0.2) is 65.6 Å². The maximum absolute atomic E-state index is 13.4. The molecule has 0 fully saturated rings. The highest BCUT2D eigenvalue weighted by Gasteiger charge is 2.29. The lowest BCUT2D eigenvalue weighted by atomic mass is 9.88. The summed E-state index contributed by atoms with van der Waals surface area (Å²) < 4.78 is 27.8. The number of aliphatic hydroxyl groups excluding tert-OH is 1. The summed E-state index contributed by atoms with van der Waals surface area (Å²) in [5, 5.41) is 34.7. The van der Waals surface area contributed by atoms with Crippen molar-refractivity contribution in [1.82, 2.24) is 9.62 Å². The fourth-order valence-corrected chi connectivity index (χ4v) is 6.94. The van der Waals surface area contributed by atoms with Crippen molar-refractivity contribution in [2.75, 3.05) is 20.1 Å². The fourth-order valence-electron chi connectivity index (χ4n) is 5.68. The molecule has 42 heavy (non-hydrogen) atoms. The number of rotatable bonds is 13. The Labute approximate surface area is 246 Å². The van der Waals surface area contributed by atoms with Crippen LogP contribution < -0.4 is 5.32 Å². The molecule has 10 nitrogen and oxygen atoms in total. The lowest BCUT2D eigenvalue weighted by molar-refractivity contribution is -0.385. The van der Waals surface area contributed by atoms with Crippen LogP contribution in [0.3, 0.4) is 0 Å². The summed E-state index contributed by atoms with van der Waals surface area (Å²) >= 11 is 0. The molecule has 0 radical (unpaired) electrons. The van der Waals surface area contributed by atoms with Crippen LogP contribution in [0.2, 0.25) is 0 Å². The number of aliphatic carboxylic acids is 1. The summed E-state index contributed by atoms with van der Waals surface area (Å²) in [6.07, 6.45) is 1.54. The lowest BCUT2D eigenvalue weighted by Crippen LogP contribution is -2.47. The largest absolute Gasteiger partial charge is 0.481 e. The van der Waals surface area contributed by atoms with Crippen molar-refractivity contribution in [3.05, 3.63) is 93.5 Å². The number of benzene rings is 3. The van der Waals surface area contributed by atoms with E-state index in [0.717, 1.165) is 23.6 Å². The standard InChI is InChI=1S/C31H37N3O7S/c1-31(2,18-21-13-22-7-4-5-8-23(22)14-21)32-19-27(35)20-33(3)42(40,41)28-10-6-9-24(15-28)25-11-12-26(17-30(36)37)29(16-25)34(38)39/h4-12,15-16,21,27,32,35H,13-14,17-20H2,1-3H3,(H,36,37). The van der Waals surface area contributed by atoms with Crippen LogP contribution in [0.25, 0.3) is 11.1 Å². The first kappa shape index (κ1) is 31.3. The molecule has 0 heterocycles. The highest BCUT2D eigenvalue weighted by atomic mass is 32.2. The van der Waals surface area contributed by atoms with E-state index in [9.17, 15) is 28.4 Å². The molecule has 3 aromatic rings. The second kappa shape index (κ2) is 12.7. The Morgan fingerprint density at radius 2 is 1.71 bits per heavy atom. The normalized spacial score (nSPS) is 14.6. The first-order valence-electron chi connectivity index (χ1n) is 13.8. The fraction of sp³-hybridized carbons (Fsp3) is 0.387. The Hall–Kier alpha value is -3.64. The van der Waals surface area contributed by atoms with E-state index in [1.54, 1.807) is 6.07 Å². The number of carboxylic acid groups (broad SMARTS) is 1. The molecule has 0 amide bonds. The van der Waals surface area contributed by atoms with Crippen molar-refractivity contribution in [3.63, 3.8) is 0 Å². The van der Waals surface area contributed by atoms with Gasteiger partial charge in [0.1, 0.15) is 0 Å². The van der Waals surface area contributed by atoms with Gasteiger partial charge in [-0.05, 0) is 73.4 Å². The topological polar surface area (TPSA) is 150 Å². The lowest BCUT2D eigenvalue weighted by Gasteiger charge is -2.31. The van der Waals surface area contributed by atoms with Gasteiger partial charge in [0, 0.05) is 37.3 Å². The number of nitro groups is 1. The van der Waals surface area contributed by atoms with Crippen molar-refractivity contribution in [3.8, 4) is 11.1 Å². The molecule has 3 N–H and O–H groups in total. The van der Waals surface area contributed by atoms with E-state index in [4.69, 9.17) is 5.11 Å². The van der Waals surface area contributed by atoms with Crippen molar-refractivity contribution < 1.29 is 28.3 Å². The number of likely N-dealkylation sites (N-methyl/N-ethyl adjacent to an activating group) is 1. The number of fused-ring (bicyclic) bond motifs is 1. The number of carboxylic acids is 1. The van der Waals surface area contributed by atoms with Crippen LogP contribution in [0.15, 0.2) is 71.6 Å². The zero-order chi connectivity index (χ0) is 30.7. The van der Waals surface area contributed by atoms with E-state index in [0.29, 0.717) is 17.0 Å². The molecule has 0 saturated carbocycles. The number of nitro benzene ring substituents is 1. The van der Waals surface area contributed by atoms with Gasteiger partial charge < -0.3 is 15.5 Å². The number of sulfonamides is 1. The molecular weight excluding hydrogens is 558 g/mol. The summed E-state index contributed by atoms with van der Waals surface area (Å²) in [6, 6.07) is 18.6. The van der Waals surface area contributed by atoms with Gasteiger partial charge >= 0.3 is 5.97 Å². The second-order valence-electron chi connectivity index (χ2n) is 11.7. The Morgan fingerprint density at radius 3 is 2.33 bits per heavy atom. The van der Waals surface area contributed by atoms with E-state index in [1.165, 1.54) is 54.6 Å². The summed E-state index contributed by atoms with van der Waals surface area (Å²) in [4.78, 5) is 21.9. The number of aliphatic hydroxyl groups is 1. The minimum Gasteiger partial charge on any atom is -0.481 e. The number of nitrogens with one attached hydrogen (secondary N) is 1. The van der Waals surface area contributed by atoms with Crippen molar-refractivity contribution >= 4 is 21.7 Å². The van der Waals surface area contributed by atoms with Crippen LogP contribution in [0.5, 0.6) is 0 Å². The molecule has 0 aliphatic heterocycles. The third-order valence-electron chi connectivity index (χ3n) is 7.72. The monoisotopic (exact) mass is 595 g/mol. The number of hydrogen-bond acceptors (Lipinski definition) is 7. The quantitative estimate of drug-likeness (QED) is 0.198. The molecule has 1 aliphatic rings. The van der Waals surface area contributed by atoms with Crippen LogP contribution in [0.4, 0.5) is 5.69 Å². The number of hydrogen-bond donors (Lipinski definition) is 3.